The molecule has 0 saturated carbocycles. The number of carbonyl (C=O) groups is 1. The number of hydrogen-bond donors (Lipinski definition) is 2. The van der Waals surface area contributed by atoms with Gasteiger partial charge in [0, 0.05) is 21.6 Å². The normalized spacial score (nSPS) is 12.5. The van der Waals surface area contributed by atoms with Gasteiger partial charge in [0.25, 0.3) is 0 Å². The average molecular weight is 308 g/mol. The van der Waals surface area contributed by atoms with Crippen molar-refractivity contribution in [1.82, 2.24) is 0 Å². The second kappa shape index (κ2) is 4.70. The first kappa shape index (κ1) is 11.4. The highest BCUT2D eigenvalue weighted by atomic mass is 127. The number of rotatable bonds is 3. The molecule has 0 aliphatic rings. The van der Waals surface area contributed by atoms with Crippen molar-refractivity contribution in [3.63, 3.8) is 0 Å². The molecule has 1 aromatic rings. The molecule has 76 valence electrons. The molecule has 4 N–H and O–H groups in total. The minimum atomic E-state index is -0.665. The van der Waals surface area contributed by atoms with Crippen molar-refractivity contribution in [3.05, 3.63) is 33.1 Å². The lowest BCUT2D eigenvalue weighted by Gasteiger charge is -2.11. The van der Waals surface area contributed by atoms with Crippen molar-refractivity contribution in [2.24, 2.45) is 11.5 Å². The molecule has 0 radical (unpaired) electrons. The summed E-state index contributed by atoms with van der Waals surface area (Å²) in [5.41, 5.74) is 10.9. The van der Waals surface area contributed by atoms with Gasteiger partial charge >= 0.3 is 0 Å². The van der Waals surface area contributed by atoms with E-state index in [1.54, 1.807) is 12.1 Å². The Morgan fingerprint density at radius 3 is 2.79 bits per heavy atom. The smallest absolute Gasteiger partial charge is 0.219 e. The van der Waals surface area contributed by atoms with Gasteiger partial charge in [-0.05, 0) is 40.8 Å². The Hall–Kier alpha value is -0.690. The number of hydrogen-bond acceptors (Lipinski definition) is 2. The van der Waals surface area contributed by atoms with Crippen molar-refractivity contribution >= 4 is 28.5 Å². The SMILES string of the molecule is NC(=O)CC(N)c1cc(I)ccc1F. The van der Waals surface area contributed by atoms with Gasteiger partial charge in [-0.1, -0.05) is 0 Å². The Balaban J connectivity index is 2.93. The molecule has 0 aliphatic heterocycles. The topological polar surface area (TPSA) is 69.1 Å². The van der Waals surface area contributed by atoms with Crippen LogP contribution in [0.5, 0.6) is 0 Å². The van der Waals surface area contributed by atoms with E-state index in [0.29, 0.717) is 5.56 Å². The van der Waals surface area contributed by atoms with Crippen LogP contribution in [0.3, 0.4) is 0 Å². The summed E-state index contributed by atoms with van der Waals surface area (Å²) in [5, 5.41) is 0. The second-order valence-corrected chi connectivity index (χ2v) is 4.19. The van der Waals surface area contributed by atoms with Gasteiger partial charge in [0.1, 0.15) is 5.82 Å². The summed E-state index contributed by atoms with van der Waals surface area (Å²) in [6.07, 6.45) is -0.0446. The van der Waals surface area contributed by atoms with Crippen molar-refractivity contribution in [3.8, 4) is 0 Å². The number of amides is 1. The van der Waals surface area contributed by atoms with E-state index in [-0.39, 0.29) is 6.42 Å². The quantitative estimate of drug-likeness (QED) is 0.827. The van der Waals surface area contributed by atoms with Crippen LogP contribution < -0.4 is 11.5 Å². The summed E-state index contributed by atoms with van der Waals surface area (Å²) in [7, 11) is 0. The van der Waals surface area contributed by atoms with Gasteiger partial charge in [0.05, 0.1) is 0 Å². The first-order valence-corrected chi connectivity index (χ1v) is 5.07. The number of primary amides is 1. The van der Waals surface area contributed by atoms with E-state index in [1.807, 2.05) is 0 Å². The summed E-state index contributed by atoms with van der Waals surface area (Å²) in [4.78, 5) is 10.6. The van der Waals surface area contributed by atoms with E-state index in [9.17, 15) is 9.18 Å². The molecule has 0 fully saturated rings. The monoisotopic (exact) mass is 308 g/mol. The van der Waals surface area contributed by atoms with Crippen molar-refractivity contribution in [1.29, 1.82) is 0 Å². The lowest BCUT2D eigenvalue weighted by atomic mass is 10.0. The Kier molecular flexibility index (Phi) is 3.82. The molecule has 1 atom stereocenters. The molecule has 14 heavy (non-hydrogen) atoms. The molecule has 0 saturated heterocycles. The summed E-state index contributed by atoms with van der Waals surface area (Å²) in [6.45, 7) is 0. The number of nitrogens with two attached hydrogens (primary N) is 2. The second-order valence-electron chi connectivity index (χ2n) is 2.94. The fourth-order valence-electron chi connectivity index (χ4n) is 1.13. The van der Waals surface area contributed by atoms with E-state index in [1.165, 1.54) is 6.07 Å². The maximum Gasteiger partial charge on any atom is 0.219 e. The Labute approximate surface area is 94.8 Å². The zero-order valence-electron chi connectivity index (χ0n) is 7.34. The lowest BCUT2D eigenvalue weighted by molar-refractivity contribution is -0.118. The van der Waals surface area contributed by atoms with Crippen LogP contribution in [0.15, 0.2) is 18.2 Å². The van der Waals surface area contributed by atoms with Crippen molar-refractivity contribution < 1.29 is 9.18 Å². The zero-order valence-corrected chi connectivity index (χ0v) is 9.49. The van der Waals surface area contributed by atoms with E-state index in [0.717, 1.165) is 3.57 Å². The van der Waals surface area contributed by atoms with Crippen molar-refractivity contribution in [2.75, 3.05) is 0 Å². The van der Waals surface area contributed by atoms with Gasteiger partial charge in [-0.25, -0.2) is 4.39 Å². The first-order chi connectivity index (χ1) is 6.50. The third-order valence-corrected chi connectivity index (χ3v) is 2.45. The van der Waals surface area contributed by atoms with Gasteiger partial charge in [-0.2, -0.15) is 0 Å². The minimum Gasteiger partial charge on any atom is -0.370 e. The van der Waals surface area contributed by atoms with E-state index >= 15 is 0 Å². The van der Waals surface area contributed by atoms with Crippen molar-refractivity contribution in [2.45, 2.75) is 12.5 Å². The summed E-state index contributed by atoms with van der Waals surface area (Å²) in [5.74, 6) is -0.935. The lowest BCUT2D eigenvalue weighted by Crippen LogP contribution is -2.21. The molecule has 1 amide bonds. The van der Waals surface area contributed by atoms with Crippen LogP contribution in [0.25, 0.3) is 0 Å². The summed E-state index contributed by atoms with van der Waals surface area (Å²) < 4.78 is 14.1. The first-order valence-electron chi connectivity index (χ1n) is 3.99. The van der Waals surface area contributed by atoms with Gasteiger partial charge in [0.2, 0.25) is 5.91 Å². The van der Waals surface area contributed by atoms with E-state index in [2.05, 4.69) is 22.6 Å². The molecule has 1 aromatic carbocycles. The van der Waals surface area contributed by atoms with Gasteiger partial charge in [-0.3, -0.25) is 4.79 Å². The molecule has 0 aromatic heterocycles. The van der Waals surface area contributed by atoms with Crippen LogP contribution in [0.2, 0.25) is 0 Å². The molecular weight excluding hydrogens is 298 g/mol. The molecule has 5 heteroatoms. The molecule has 0 spiro atoms. The van der Waals surface area contributed by atoms with Gasteiger partial charge < -0.3 is 11.5 Å². The minimum absolute atomic E-state index is 0.0446. The van der Waals surface area contributed by atoms with Crippen LogP contribution in [0.1, 0.15) is 18.0 Å². The summed E-state index contributed by atoms with van der Waals surface area (Å²) in [6, 6.07) is 3.92. The highest BCUT2D eigenvalue weighted by Crippen LogP contribution is 2.20. The largest absolute Gasteiger partial charge is 0.370 e. The number of benzene rings is 1. The zero-order chi connectivity index (χ0) is 10.7. The third kappa shape index (κ3) is 2.91. The maximum atomic E-state index is 13.2. The molecule has 0 bridgehead atoms. The summed E-state index contributed by atoms with van der Waals surface area (Å²) >= 11 is 2.05. The average Bonchev–Trinajstić information content (AvgIpc) is 2.08. The van der Waals surface area contributed by atoms with Crippen LogP contribution in [-0.2, 0) is 4.79 Å². The third-order valence-electron chi connectivity index (χ3n) is 1.78. The fourth-order valence-corrected chi connectivity index (χ4v) is 1.64. The van der Waals surface area contributed by atoms with E-state index in [4.69, 9.17) is 11.5 Å². The Morgan fingerprint density at radius 1 is 1.57 bits per heavy atom. The van der Waals surface area contributed by atoms with Crippen LogP contribution >= 0.6 is 22.6 Å². The molecule has 1 rings (SSSR count). The Bertz CT molecular complexity index is 357. The Morgan fingerprint density at radius 2 is 2.21 bits per heavy atom. The van der Waals surface area contributed by atoms with Gasteiger partial charge in [-0.15, -0.1) is 0 Å². The molecule has 1 unspecified atom stereocenters. The van der Waals surface area contributed by atoms with Gasteiger partial charge in [0.15, 0.2) is 0 Å². The fraction of sp³-hybridized carbons (Fsp3) is 0.222. The molecule has 0 aliphatic carbocycles. The highest BCUT2D eigenvalue weighted by Gasteiger charge is 2.13. The van der Waals surface area contributed by atoms with Crippen LogP contribution in [-0.4, -0.2) is 5.91 Å². The standard InChI is InChI=1S/C9H10FIN2O/c10-7-2-1-5(11)3-6(7)8(12)4-9(13)14/h1-3,8H,4,12H2,(H2,13,14). The van der Waals surface area contributed by atoms with Crippen LogP contribution in [0, 0.1) is 9.39 Å². The highest BCUT2D eigenvalue weighted by molar-refractivity contribution is 14.1. The van der Waals surface area contributed by atoms with E-state index < -0.39 is 17.8 Å². The predicted octanol–water partition coefficient (Wildman–Crippen LogP) is 1.31. The number of carbonyl (C=O) groups excluding carboxylic acids is 1. The molecule has 3 nitrogen and oxygen atoms in total. The number of halogens is 2. The molecule has 0 heterocycles. The predicted molar refractivity (Wildman–Crippen MR) is 59.9 cm³/mol. The molecular formula is C9H10FIN2O. The van der Waals surface area contributed by atoms with Crippen LogP contribution in [0.4, 0.5) is 4.39 Å². The maximum absolute atomic E-state index is 13.2.